The number of Topliss-reactive ketones (excluding diaryl/α,β-unsaturated/α-hetero) is 1. The van der Waals surface area contributed by atoms with Crippen LogP contribution in [0, 0.1) is 5.82 Å². The Morgan fingerprint density at radius 2 is 1.68 bits per heavy atom. The van der Waals surface area contributed by atoms with Gasteiger partial charge in [-0.25, -0.2) is 9.18 Å². The van der Waals surface area contributed by atoms with Crippen LogP contribution in [-0.2, 0) is 9.53 Å². The van der Waals surface area contributed by atoms with Gasteiger partial charge in [0.05, 0.1) is 5.56 Å². The molecule has 0 aromatic heterocycles. The van der Waals surface area contributed by atoms with Gasteiger partial charge in [-0.05, 0) is 31.2 Å². The van der Waals surface area contributed by atoms with Crippen LogP contribution in [-0.4, -0.2) is 24.5 Å². The molecule has 1 unspecified atom stereocenters. The lowest BCUT2D eigenvalue weighted by molar-refractivity contribution is -0.149. The molecule has 114 valence electrons. The van der Waals surface area contributed by atoms with E-state index in [-0.39, 0.29) is 5.56 Å². The van der Waals surface area contributed by atoms with E-state index >= 15 is 0 Å². The summed E-state index contributed by atoms with van der Waals surface area (Å²) in [5, 5.41) is 0. The molecule has 0 spiro atoms. The van der Waals surface area contributed by atoms with E-state index in [0.717, 1.165) is 0 Å². The smallest absolute Gasteiger partial charge is 0.347 e. The van der Waals surface area contributed by atoms with Crippen LogP contribution >= 0.6 is 0 Å². The molecule has 0 aliphatic heterocycles. The van der Waals surface area contributed by atoms with Gasteiger partial charge >= 0.3 is 5.97 Å². The minimum Gasteiger partial charge on any atom is -0.479 e. The molecule has 0 saturated heterocycles. The molecule has 4 nitrogen and oxygen atoms in total. The summed E-state index contributed by atoms with van der Waals surface area (Å²) >= 11 is 0. The Balaban J connectivity index is 1.87. The largest absolute Gasteiger partial charge is 0.479 e. The van der Waals surface area contributed by atoms with Crippen LogP contribution in [0.1, 0.15) is 17.3 Å². The molecule has 2 aromatic carbocycles. The first kappa shape index (κ1) is 15.7. The predicted octanol–water partition coefficient (Wildman–Crippen LogP) is 3.02. The fourth-order valence-electron chi connectivity index (χ4n) is 1.77. The normalized spacial score (nSPS) is 11.5. The number of ketones is 1. The molecule has 2 rings (SSSR count). The summed E-state index contributed by atoms with van der Waals surface area (Å²) in [6.45, 7) is 0.991. The van der Waals surface area contributed by atoms with E-state index in [1.54, 1.807) is 30.3 Å². The minimum atomic E-state index is -0.865. The number of rotatable bonds is 6. The van der Waals surface area contributed by atoms with Gasteiger partial charge < -0.3 is 9.47 Å². The van der Waals surface area contributed by atoms with Crippen LogP contribution in [0.3, 0.4) is 0 Å². The Hall–Kier alpha value is -2.69. The number of ether oxygens (including phenoxy) is 2. The van der Waals surface area contributed by atoms with Gasteiger partial charge in [-0.1, -0.05) is 30.3 Å². The standard InChI is InChI=1S/C17H15FO4/c1-12(22-13-7-3-2-4-8-13)17(20)21-11-16(19)14-9-5-6-10-15(14)18/h2-10,12H,11H2,1H3. The van der Waals surface area contributed by atoms with Crippen LogP contribution in [0.25, 0.3) is 0 Å². The number of carbonyl (C=O) groups is 2. The van der Waals surface area contributed by atoms with Crippen molar-refractivity contribution in [3.05, 3.63) is 66.0 Å². The molecule has 22 heavy (non-hydrogen) atoms. The highest BCUT2D eigenvalue weighted by molar-refractivity contribution is 5.98. The van der Waals surface area contributed by atoms with Crippen molar-refractivity contribution in [2.24, 2.45) is 0 Å². The third-order valence-corrected chi connectivity index (χ3v) is 2.91. The second kappa shape index (κ2) is 7.36. The molecule has 0 aliphatic carbocycles. The molecular formula is C17H15FO4. The van der Waals surface area contributed by atoms with Crippen molar-refractivity contribution >= 4 is 11.8 Å². The highest BCUT2D eigenvalue weighted by Crippen LogP contribution is 2.12. The summed E-state index contributed by atoms with van der Waals surface area (Å²) in [6.07, 6.45) is -0.865. The van der Waals surface area contributed by atoms with Crippen LogP contribution in [0.4, 0.5) is 4.39 Å². The van der Waals surface area contributed by atoms with Crippen molar-refractivity contribution in [1.82, 2.24) is 0 Å². The Labute approximate surface area is 127 Å². The van der Waals surface area contributed by atoms with Gasteiger partial charge in [0, 0.05) is 0 Å². The molecule has 0 amide bonds. The van der Waals surface area contributed by atoms with E-state index in [9.17, 15) is 14.0 Å². The lowest BCUT2D eigenvalue weighted by Gasteiger charge is -2.13. The third-order valence-electron chi connectivity index (χ3n) is 2.91. The number of para-hydroxylation sites is 1. The summed E-state index contributed by atoms with van der Waals surface area (Å²) in [6, 6.07) is 14.3. The van der Waals surface area contributed by atoms with Crippen molar-refractivity contribution in [3.63, 3.8) is 0 Å². The van der Waals surface area contributed by atoms with E-state index in [2.05, 4.69) is 0 Å². The maximum Gasteiger partial charge on any atom is 0.347 e. The van der Waals surface area contributed by atoms with Gasteiger partial charge in [-0.15, -0.1) is 0 Å². The third kappa shape index (κ3) is 4.15. The van der Waals surface area contributed by atoms with Gasteiger partial charge in [-0.2, -0.15) is 0 Å². The van der Waals surface area contributed by atoms with Gasteiger partial charge in [0.2, 0.25) is 5.78 Å². The molecule has 0 saturated carbocycles. The summed E-state index contributed by atoms with van der Waals surface area (Å²) in [5.74, 6) is -1.41. The summed E-state index contributed by atoms with van der Waals surface area (Å²) < 4.78 is 23.7. The van der Waals surface area contributed by atoms with E-state index in [1.165, 1.54) is 25.1 Å². The molecule has 0 N–H and O–H groups in total. The maximum absolute atomic E-state index is 13.4. The van der Waals surface area contributed by atoms with Gasteiger partial charge in [0.15, 0.2) is 12.7 Å². The Morgan fingerprint density at radius 1 is 1.05 bits per heavy atom. The number of hydrogen-bond acceptors (Lipinski definition) is 4. The Bertz CT molecular complexity index is 655. The van der Waals surface area contributed by atoms with Crippen molar-refractivity contribution in [2.45, 2.75) is 13.0 Å². The highest BCUT2D eigenvalue weighted by Gasteiger charge is 2.19. The molecule has 0 bridgehead atoms. The summed E-state index contributed by atoms with van der Waals surface area (Å²) in [4.78, 5) is 23.6. The highest BCUT2D eigenvalue weighted by atomic mass is 19.1. The Morgan fingerprint density at radius 3 is 2.36 bits per heavy atom. The first-order valence-corrected chi connectivity index (χ1v) is 6.74. The number of hydrogen-bond donors (Lipinski definition) is 0. The maximum atomic E-state index is 13.4. The molecule has 0 aliphatic rings. The zero-order valence-electron chi connectivity index (χ0n) is 12.0. The van der Waals surface area contributed by atoms with E-state index in [1.807, 2.05) is 6.07 Å². The fraction of sp³-hybridized carbons (Fsp3) is 0.176. The van der Waals surface area contributed by atoms with Crippen molar-refractivity contribution in [3.8, 4) is 5.75 Å². The van der Waals surface area contributed by atoms with Crippen molar-refractivity contribution < 1.29 is 23.5 Å². The molecule has 0 radical (unpaired) electrons. The van der Waals surface area contributed by atoms with Crippen molar-refractivity contribution in [1.29, 1.82) is 0 Å². The van der Waals surface area contributed by atoms with Crippen LogP contribution in [0.15, 0.2) is 54.6 Å². The average molecular weight is 302 g/mol. The van der Waals surface area contributed by atoms with E-state index in [0.29, 0.717) is 5.75 Å². The van der Waals surface area contributed by atoms with Crippen molar-refractivity contribution in [2.75, 3.05) is 6.61 Å². The van der Waals surface area contributed by atoms with Gasteiger partial charge in [0.1, 0.15) is 11.6 Å². The second-order valence-electron chi connectivity index (χ2n) is 4.58. The fourth-order valence-corrected chi connectivity index (χ4v) is 1.77. The van der Waals surface area contributed by atoms with Gasteiger partial charge in [-0.3, -0.25) is 4.79 Å². The quantitative estimate of drug-likeness (QED) is 0.608. The average Bonchev–Trinajstić information content (AvgIpc) is 2.53. The first-order valence-electron chi connectivity index (χ1n) is 6.74. The predicted molar refractivity (Wildman–Crippen MR) is 78.2 cm³/mol. The Kier molecular flexibility index (Phi) is 5.25. The SMILES string of the molecule is CC(Oc1ccccc1)C(=O)OCC(=O)c1ccccc1F. The zero-order chi connectivity index (χ0) is 15.9. The molecule has 5 heteroatoms. The molecule has 2 aromatic rings. The minimum absolute atomic E-state index is 0.105. The van der Waals surface area contributed by atoms with Crippen LogP contribution in [0.5, 0.6) is 5.75 Å². The summed E-state index contributed by atoms with van der Waals surface area (Å²) in [7, 11) is 0. The summed E-state index contributed by atoms with van der Waals surface area (Å²) in [5.41, 5.74) is -0.105. The molecule has 1 atom stereocenters. The molecule has 0 fully saturated rings. The monoisotopic (exact) mass is 302 g/mol. The molecular weight excluding hydrogens is 287 g/mol. The number of carbonyl (C=O) groups excluding carboxylic acids is 2. The lowest BCUT2D eigenvalue weighted by Crippen LogP contribution is -2.28. The topological polar surface area (TPSA) is 52.6 Å². The van der Waals surface area contributed by atoms with E-state index in [4.69, 9.17) is 9.47 Å². The van der Waals surface area contributed by atoms with Crippen LogP contribution in [0.2, 0.25) is 0 Å². The number of benzene rings is 2. The second-order valence-corrected chi connectivity index (χ2v) is 4.58. The lowest BCUT2D eigenvalue weighted by atomic mass is 10.1. The number of esters is 1. The first-order chi connectivity index (χ1) is 10.6. The zero-order valence-corrected chi connectivity index (χ0v) is 12.0. The van der Waals surface area contributed by atoms with Gasteiger partial charge in [0.25, 0.3) is 0 Å². The number of halogens is 1. The van der Waals surface area contributed by atoms with E-state index < -0.39 is 30.3 Å². The van der Waals surface area contributed by atoms with Crippen LogP contribution < -0.4 is 4.74 Å². The molecule has 0 heterocycles.